The van der Waals surface area contributed by atoms with Crippen LogP contribution in [0.4, 0.5) is 5.00 Å². The van der Waals surface area contributed by atoms with Crippen molar-refractivity contribution in [2.45, 2.75) is 31.7 Å². The van der Waals surface area contributed by atoms with E-state index in [9.17, 15) is 18.0 Å². The summed E-state index contributed by atoms with van der Waals surface area (Å²) in [7, 11) is -0.265. The summed E-state index contributed by atoms with van der Waals surface area (Å²) in [6.07, 6.45) is 0.709. The summed E-state index contributed by atoms with van der Waals surface area (Å²) in [5.74, 6) is -0.887. The maximum atomic E-state index is 12.8. The zero-order chi connectivity index (χ0) is 22.8. The molecule has 1 amide bonds. The molecule has 1 aromatic heterocycles. The summed E-state index contributed by atoms with van der Waals surface area (Å²) in [6, 6.07) is 5.81. The lowest BCUT2D eigenvalue weighted by Crippen LogP contribution is -2.30. The number of nitrogens with one attached hydrogen (secondary N) is 1. The third-order valence-corrected chi connectivity index (χ3v) is 8.52. The Balaban J connectivity index is 0.00000363. The number of halogens is 1. The number of sulfonamides is 1. The number of nitrogens with zero attached hydrogens (tertiary/aromatic N) is 2. The highest BCUT2D eigenvalue weighted by Gasteiger charge is 2.28. The van der Waals surface area contributed by atoms with Gasteiger partial charge in [0.05, 0.1) is 17.6 Å². The van der Waals surface area contributed by atoms with Crippen LogP contribution in [-0.2, 0) is 27.7 Å². The number of fused-ring (bicyclic) bond motifs is 1. The monoisotopic (exact) mass is 501 g/mol. The van der Waals surface area contributed by atoms with Gasteiger partial charge in [0.2, 0.25) is 10.0 Å². The van der Waals surface area contributed by atoms with Crippen molar-refractivity contribution in [3.05, 3.63) is 45.8 Å². The number of anilines is 1. The lowest BCUT2D eigenvalue weighted by Gasteiger charge is -2.22. The zero-order valence-corrected chi connectivity index (χ0v) is 21.0. The fourth-order valence-electron chi connectivity index (χ4n) is 3.60. The van der Waals surface area contributed by atoms with Gasteiger partial charge in [0, 0.05) is 36.6 Å². The maximum Gasteiger partial charge on any atom is 0.341 e. The Morgan fingerprint density at radius 2 is 1.81 bits per heavy atom. The van der Waals surface area contributed by atoms with Crippen molar-refractivity contribution in [2.24, 2.45) is 0 Å². The quantitative estimate of drug-likeness (QED) is 0.585. The molecule has 0 aliphatic carbocycles. The van der Waals surface area contributed by atoms with E-state index in [-0.39, 0.29) is 17.3 Å². The average molecular weight is 502 g/mol. The minimum absolute atomic E-state index is 0. The molecule has 0 bridgehead atoms. The molecule has 11 heteroatoms. The van der Waals surface area contributed by atoms with Crippen LogP contribution in [0.15, 0.2) is 29.2 Å². The van der Waals surface area contributed by atoms with Gasteiger partial charge in [0.15, 0.2) is 0 Å². The normalized spacial score (nSPS) is 13.9. The van der Waals surface area contributed by atoms with Crippen LogP contribution < -0.4 is 5.32 Å². The molecule has 1 aromatic carbocycles. The lowest BCUT2D eigenvalue weighted by atomic mass is 10.0. The average Bonchev–Trinajstić information content (AvgIpc) is 3.10. The third kappa shape index (κ3) is 5.15. The van der Waals surface area contributed by atoms with Gasteiger partial charge in [-0.3, -0.25) is 4.79 Å². The second-order valence-electron chi connectivity index (χ2n) is 7.26. The van der Waals surface area contributed by atoms with Gasteiger partial charge >= 0.3 is 5.97 Å². The Morgan fingerprint density at radius 1 is 1.19 bits per heavy atom. The van der Waals surface area contributed by atoms with Crippen LogP contribution in [0.3, 0.4) is 0 Å². The van der Waals surface area contributed by atoms with E-state index in [1.807, 2.05) is 7.05 Å². The summed E-state index contributed by atoms with van der Waals surface area (Å²) in [5.41, 5.74) is 1.63. The van der Waals surface area contributed by atoms with Crippen molar-refractivity contribution in [3.8, 4) is 0 Å². The Kier molecular flexibility index (Phi) is 8.83. The van der Waals surface area contributed by atoms with Gasteiger partial charge in [0.1, 0.15) is 5.00 Å². The molecule has 2 aromatic rings. The van der Waals surface area contributed by atoms with Crippen molar-refractivity contribution in [2.75, 3.05) is 39.1 Å². The number of methoxy groups -OCH3 is 1. The number of hydrogen-bond donors (Lipinski definition) is 1. The molecule has 176 valence electrons. The van der Waals surface area contributed by atoms with Crippen molar-refractivity contribution in [3.63, 3.8) is 0 Å². The number of thiophene rings is 1. The topological polar surface area (TPSA) is 96.0 Å². The summed E-state index contributed by atoms with van der Waals surface area (Å²) in [5, 5.41) is 3.27. The maximum absolute atomic E-state index is 12.8. The highest BCUT2D eigenvalue weighted by Crippen LogP contribution is 2.37. The molecule has 1 N–H and O–H groups in total. The van der Waals surface area contributed by atoms with E-state index in [2.05, 4.69) is 10.2 Å². The van der Waals surface area contributed by atoms with Crippen LogP contribution in [0.5, 0.6) is 0 Å². The van der Waals surface area contributed by atoms with Gasteiger partial charge in [-0.1, -0.05) is 13.8 Å². The van der Waals surface area contributed by atoms with E-state index in [0.717, 1.165) is 17.0 Å². The number of rotatable bonds is 7. The van der Waals surface area contributed by atoms with Gasteiger partial charge < -0.3 is 15.0 Å². The van der Waals surface area contributed by atoms with E-state index in [1.165, 1.54) is 47.0 Å². The van der Waals surface area contributed by atoms with Crippen LogP contribution >= 0.6 is 23.7 Å². The molecule has 0 saturated carbocycles. The molecule has 0 unspecified atom stereocenters. The molecule has 0 radical (unpaired) electrons. The minimum atomic E-state index is -3.59. The predicted octanol–water partition coefficient (Wildman–Crippen LogP) is 3.23. The molecule has 0 spiro atoms. The van der Waals surface area contributed by atoms with Crippen molar-refractivity contribution >= 4 is 50.6 Å². The van der Waals surface area contributed by atoms with Crippen LogP contribution in [-0.4, -0.2) is 63.3 Å². The number of likely N-dealkylation sites (N-methyl/N-ethyl adjacent to an activating group) is 1. The zero-order valence-electron chi connectivity index (χ0n) is 18.5. The van der Waals surface area contributed by atoms with Gasteiger partial charge in [-0.2, -0.15) is 4.31 Å². The predicted molar refractivity (Wildman–Crippen MR) is 127 cm³/mol. The van der Waals surface area contributed by atoms with Crippen molar-refractivity contribution in [1.29, 1.82) is 0 Å². The molecular formula is C21H28ClN3O5S2. The fraction of sp³-hybridized carbons (Fsp3) is 0.429. The largest absolute Gasteiger partial charge is 0.465 e. The number of carbonyl (C=O) groups excluding carboxylic acids is 2. The summed E-state index contributed by atoms with van der Waals surface area (Å²) >= 11 is 1.37. The molecule has 1 aliphatic rings. The van der Waals surface area contributed by atoms with E-state index >= 15 is 0 Å². The van der Waals surface area contributed by atoms with Crippen molar-refractivity contribution < 1.29 is 22.7 Å². The van der Waals surface area contributed by atoms with Crippen LogP contribution in [0.2, 0.25) is 0 Å². The van der Waals surface area contributed by atoms with Gasteiger partial charge in [0.25, 0.3) is 5.91 Å². The molecule has 2 heterocycles. The lowest BCUT2D eigenvalue weighted by molar-refractivity contribution is 0.0600. The number of ether oxygens (including phenoxy) is 1. The molecule has 32 heavy (non-hydrogen) atoms. The molecule has 3 rings (SSSR count). The second kappa shape index (κ2) is 10.8. The van der Waals surface area contributed by atoms with E-state index in [4.69, 9.17) is 4.74 Å². The fourth-order valence-corrected chi connectivity index (χ4v) is 6.37. The third-order valence-electron chi connectivity index (χ3n) is 5.32. The standard InChI is InChI=1S/C21H27N3O5S2.ClH/c1-5-24(6-2)31(27,28)15-9-7-14(8-10-15)19(25)22-20-18(21(26)29-4)16-11-12-23(3)13-17(16)30-20;/h7-10H,5-6,11-13H2,1-4H3,(H,22,25);1H. The molecule has 0 atom stereocenters. The van der Waals surface area contributed by atoms with Gasteiger partial charge in [-0.15, -0.1) is 23.7 Å². The van der Waals surface area contributed by atoms with E-state index < -0.39 is 21.9 Å². The second-order valence-corrected chi connectivity index (χ2v) is 10.3. The Hall–Kier alpha value is -1.98. The minimum Gasteiger partial charge on any atom is -0.465 e. The molecule has 0 saturated heterocycles. The number of carbonyl (C=O) groups is 2. The van der Waals surface area contributed by atoms with Crippen LogP contribution in [0.1, 0.15) is 45.0 Å². The van der Waals surface area contributed by atoms with Crippen LogP contribution in [0.25, 0.3) is 0 Å². The molecule has 1 aliphatic heterocycles. The number of hydrogen-bond acceptors (Lipinski definition) is 7. The summed E-state index contributed by atoms with van der Waals surface area (Å²) in [6.45, 7) is 5.83. The highest BCUT2D eigenvalue weighted by atomic mass is 35.5. The number of benzene rings is 1. The van der Waals surface area contributed by atoms with E-state index in [0.29, 0.717) is 42.2 Å². The summed E-state index contributed by atoms with van der Waals surface area (Å²) in [4.78, 5) is 28.5. The Labute approximate surface area is 199 Å². The first-order valence-electron chi connectivity index (χ1n) is 10.1. The molecule has 0 fully saturated rings. The van der Waals surface area contributed by atoms with Crippen molar-refractivity contribution in [1.82, 2.24) is 9.21 Å². The highest BCUT2D eigenvalue weighted by molar-refractivity contribution is 7.89. The molecular weight excluding hydrogens is 474 g/mol. The van der Waals surface area contributed by atoms with Gasteiger partial charge in [-0.05, 0) is 43.3 Å². The first kappa shape index (κ1) is 26.3. The number of amides is 1. The first-order valence-corrected chi connectivity index (χ1v) is 12.3. The summed E-state index contributed by atoms with van der Waals surface area (Å²) < 4.78 is 31.6. The smallest absolute Gasteiger partial charge is 0.341 e. The Bertz CT molecular complexity index is 1080. The van der Waals surface area contributed by atoms with Crippen LogP contribution in [0, 0.1) is 0 Å². The Morgan fingerprint density at radius 3 is 2.38 bits per heavy atom. The number of esters is 1. The van der Waals surface area contributed by atoms with E-state index in [1.54, 1.807) is 13.8 Å². The SMILES string of the molecule is CCN(CC)S(=O)(=O)c1ccc(C(=O)Nc2sc3c(c2C(=O)OC)CCN(C)C3)cc1.Cl. The van der Waals surface area contributed by atoms with Gasteiger partial charge in [-0.25, -0.2) is 13.2 Å². The molecule has 8 nitrogen and oxygen atoms in total. The first-order chi connectivity index (χ1) is 14.7.